The van der Waals surface area contributed by atoms with Crippen LogP contribution in [0, 0.1) is 0 Å². The topological polar surface area (TPSA) is 137 Å². The van der Waals surface area contributed by atoms with Gasteiger partial charge in [0.1, 0.15) is 10.8 Å². The molecule has 11 nitrogen and oxygen atoms in total. The van der Waals surface area contributed by atoms with Crippen molar-refractivity contribution in [1.29, 1.82) is 0 Å². The Morgan fingerprint density at radius 2 is 1.73 bits per heavy atom. The van der Waals surface area contributed by atoms with Gasteiger partial charge in [-0.2, -0.15) is 18.2 Å². The standard InChI is InChI=1S/C27H33ClN6O3S.C2HF3O2/c1-17(2)38(35,36)25-8-6-18-5-7-19-14-21(24(37-4)15-23(19)34-11-9-33(3)10-12-34)31-27-29-16-20(28)26(32-27)30-22(25)13-18;3-2(4,5)1(6)7/h6,8,13-17H,5,7,9-12H2,1-4H3,(H2,29,30,31,32);(H,6,7). The maximum atomic E-state index is 13.2. The summed E-state index contributed by atoms with van der Waals surface area (Å²) in [6.45, 7) is 7.19. The van der Waals surface area contributed by atoms with Gasteiger partial charge in [0.25, 0.3) is 0 Å². The monoisotopic (exact) mass is 670 g/mol. The van der Waals surface area contributed by atoms with Crippen molar-refractivity contribution in [3.8, 4) is 5.75 Å². The number of likely N-dealkylation sites (N-methyl/N-ethyl adjacent to an activating group) is 1. The number of aromatic nitrogens is 2. The molecule has 3 aromatic rings. The number of nitrogens with one attached hydrogen (secondary N) is 2. The van der Waals surface area contributed by atoms with Crippen LogP contribution < -0.4 is 20.3 Å². The lowest BCUT2D eigenvalue weighted by molar-refractivity contribution is -0.192. The maximum Gasteiger partial charge on any atom is 0.490 e. The van der Waals surface area contributed by atoms with E-state index >= 15 is 0 Å². The first-order valence-electron chi connectivity index (χ1n) is 14.0. The third-order valence-electron chi connectivity index (χ3n) is 7.38. The van der Waals surface area contributed by atoms with Crippen molar-refractivity contribution >= 4 is 56.2 Å². The summed E-state index contributed by atoms with van der Waals surface area (Å²) in [5.74, 6) is -1.44. The van der Waals surface area contributed by atoms with Crippen molar-refractivity contribution in [3.05, 3.63) is 52.7 Å². The van der Waals surface area contributed by atoms with Gasteiger partial charge in [-0.15, -0.1) is 0 Å². The van der Waals surface area contributed by atoms with Gasteiger partial charge in [-0.05, 0) is 63.1 Å². The van der Waals surface area contributed by atoms with Crippen LogP contribution in [0.4, 0.5) is 42.0 Å². The number of carboxylic acids is 1. The summed E-state index contributed by atoms with van der Waals surface area (Å²) in [7, 11) is 0.240. The summed E-state index contributed by atoms with van der Waals surface area (Å²) in [6, 6.07) is 9.65. The average molecular weight is 671 g/mol. The molecule has 0 atom stereocenters. The molecule has 6 bridgehead atoms. The van der Waals surface area contributed by atoms with Crippen molar-refractivity contribution in [2.45, 2.75) is 43.0 Å². The number of hydrogen-bond donors (Lipinski definition) is 3. The molecule has 0 saturated carbocycles. The minimum absolute atomic E-state index is 0.218. The van der Waals surface area contributed by atoms with Crippen LogP contribution >= 0.6 is 11.6 Å². The largest absolute Gasteiger partial charge is 0.494 e. The smallest absolute Gasteiger partial charge is 0.490 e. The number of hydrogen-bond acceptors (Lipinski definition) is 10. The summed E-state index contributed by atoms with van der Waals surface area (Å²) in [5, 5.41) is 13.3. The second-order valence-corrected chi connectivity index (χ2v) is 13.7. The number of halogens is 4. The zero-order chi connectivity index (χ0) is 33.1. The lowest BCUT2D eigenvalue weighted by Gasteiger charge is -2.35. The number of piperazine rings is 1. The summed E-state index contributed by atoms with van der Waals surface area (Å²) in [4.78, 5) is 22.8. The number of alkyl halides is 3. The number of aryl methyl sites for hydroxylation is 2. The Labute approximate surface area is 264 Å². The SMILES string of the molecule is COc1cc(N2CCN(C)CC2)c2cc1Nc1ncc(Cl)c(n1)Nc1cc(ccc1S(=O)(=O)C(C)C)CC2.O=C(O)C(F)(F)F. The van der Waals surface area contributed by atoms with Crippen LogP contribution in [0.3, 0.4) is 0 Å². The fourth-order valence-electron chi connectivity index (χ4n) is 4.80. The molecule has 5 rings (SSSR count). The fourth-order valence-corrected chi connectivity index (χ4v) is 6.12. The summed E-state index contributed by atoms with van der Waals surface area (Å²) >= 11 is 6.44. The number of ether oxygens (including phenoxy) is 1. The number of methoxy groups -OCH3 is 1. The second-order valence-electron chi connectivity index (χ2n) is 10.8. The molecule has 16 heteroatoms. The lowest BCUT2D eigenvalue weighted by atomic mass is 10.00. The Morgan fingerprint density at radius 1 is 1.07 bits per heavy atom. The zero-order valence-corrected chi connectivity index (χ0v) is 26.6. The Hall–Kier alpha value is -3.82. The third-order valence-corrected chi connectivity index (χ3v) is 9.87. The molecule has 0 spiro atoms. The van der Waals surface area contributed by atoms with Crippen molar-refractivity contribution in [1.82, 2.24) is 14.9 Å². The van der Waals surface area contributed by atoms with Crippen molar-refractivity contribution in [2.24, 2.45) is 0 Å². The number of aliphatic carboxylic acids is 1. The van der Waals surface area contributed by atoms with Crippen LogP contribution in [0.15, 0.2) is 41.4 Å². The van der Waals surface area contributed by atoms with Crippen LogP contribution in [0.2, 0.25) is 5.02 Å². The van der Waals surface area contributed by atoms with Gasteiger partial charge >= 0.3 is 12.1 Å². The molecule has 1 fully saturated rings. The number of rotatable bonds is 4. The molecule has 1 aromatic heterocycles. The molecular weight excluding hydrogens is 637 g/mol. The van der Waals surface area contributed by atoms with Crippen molar-refractivity contribution < 1.29 is 36.2 Å². The van der Waals surface area contributed by atoms with E-state index < -0.39 is 27.2 Å². The van der Waals surface area contributed by atoms with E-state index in [2.05, 4.69) is 49.6 Å². The van der Waals surface area contributed by atoms with Gasteiger partial charge in [0.05, 0.1) is 34.8 Å². The highest BCUT2D eigenvalue weighted by atomic mass is 35.5. The predicted octanol–water partition coefficient (Wildman–Crippen LogP) is 5.29. The van der Waals surface area contributed by atoms with E-state index in [9.17, 15) is 21.6 Å². The molecule has 2 aliphatic rings. The summed E-state index contributed by atoms with van der Waals surface area (Å²) in [5.41, 5.74) is 4.52. The van der Waals surface area contributed by atoms with Gasteiger partial charge in [0, 0.05) is 37.9 Å². The number of benzene rings is 2. The Kier molecular flexibility index (Phi) is 10.3. The molecule has 45 heavy (non-hydrogen) atoms. The first kappa shape index (κ1) is 34.1. The van der Waals surface area contributed by atoms with Crippen molar-refractivity contribution in [2.75, 3.05) is 55.9 Å². The minimum atomic E-state index is -5.08. The minimum Gasteiger partial charge on any atom is -0.494 e. The quantitative estimate of drug-likeness (QED) is 0.334. The van der Waals surface area contributed by atoms with Crippen LogP contribution in [-0.4, -0.2) is 86.1 Å². The molecule has 0 radical (unpaired) electrons. The van der Waals surface area contributed by atoms with Crippen molar-refractivity contribution in [3.63, 3.8) is 0 Å². The molecule has 0 aliphatic carbocycles. The number of carboxylic acid groups (broad SMARTS) is 1. The van der Waals surface area contributed by atoms with E-state index in [1.165, 1.54) is 11.8 Å². The van der Waals surface area contributed by atoms with E-state index in [-0.39, 0.29) is 9.92 Å². The Bertz CT molecular complexity index is 1660. The normalized spacial score (nSPS) is 15.4. The van der Waals surface area contributed by atoms with Crippen LogP contribution in [0.25, 0.3) is 0 Å². The second kappa shape index (κ2) is 13.7. The lowest BCUT2D eigenvalue weighted by Crippen LogP contribution is -2.44. The van der Waals surface area contributed by atoms with Gasteiger partial charge in [0.15, 0.2) is 15.7 Å². The van der Waals surface area contributed by atoms with E-state index in [4.69, 9.17) is 26.2 Å². The molecule has 0 unspecified atom stereocenters. The number of anilines is 5. The van der Waals surface area contributed by atoms with E-state index in [1.54, 1.807) is 27.0 Å². The van der Waals surface area contributed by atoms with Gasteiger partial charge < -0.3 is 30.3 Å². The highest BCUT2D eigenvalue weighted by molar-refractivity contribution is 7.92. The summed E-state index contributed by atoms with van der Waals surface area (Å²) < 4.78 is 63.9. The van der Waals surface area contributed by atoms with Gasteiger partial charge in [0.2, 0.25) is 5.95 Å². The van der Waals surface area contributed by atoms with Crippen LogP contribution in [-0.2, 0) is 27.5 Å². The number of fused-ring (bicyclic) bond motifs is 6. The number of sulfone groups is 1. The van der Waals surface area contributed by atoms with Gasteiger partial charge in [-0.1, -0.05) is 17.7 Å². The molecule has 2 aliphatic heterocycles. The Balaban J connectivity index is 0.000000591. The molecule has 244 valence electrons. The van der Waals surface area contributed by atoms with Gasteiger partial charge in [-0.3, -0.25) is 0 Å². The van der Waals surface area contributed by atoms with E-state index in [0.29, 0.717) is 23.2 Å². The molecule has 3 N–H and O–H groups in total. The number of nitrogens with zero attached hydrogens (tertiary/aromatic N) is 4. The summed E-state index contributed by atoms with van der Waals surface area (Å²) in [6.07, 6.45) is -2.11. The fraction of sp³-hybridized carbons (Fsp3) is 0.414. The molecular formula is C29H34ClF3N6O5S. The molecule has 2 aromatic carbocycles. The average Bonchev–Trinajstić information content (AvgIpc) is 2.98. The predicted molar refractivity (Wildman–Crippen MR) is 166 cm³/mol. The first-order chi connectivity index (χ1) is 21.1. The zero-order valence-electron chi connectivity index (χ0n) is 25.1. The van der Waals surface area contributed by atoms with Gasteiger partial charge in [-0.25, -0.2) is 18.2 Å². The highest BCUT2D eigenvalue weighted by Crippen LogP contribution is 2.38. The van der Waals surface area contributed by atoms with Crippen LogP contribution in [0.5, 0.6) is 5.75 Å². The Morgan fingerprint density at radius 3 is 2.33 bits per heavy atom. The first-order valence-corrected chi connectivity index (χ1v) is 15.9. The third kappa shape index (κ3) is 8.07. The molecule has 0 amide bonds. The molecule has 3 heterocycles. The van der Waals surface area contributed by atoms with E-state index in [1.807, 2.05) is 12.1 Å². The number of carbonyl (C=O) groups is 1. The highest BCUT2D eigenvalue weighted by Gasteiger charge is 2.38. The van der Waals surface area contributed by atoms with E-state index in [0.717, 1.165) is 56.0 Å². The maximum absolute atomic E-state index is 13.2. The molecule has 1 saturated heterocycles. The van der Waals surface area contributed by atoms with Crippen LogP contribution in [0.1, 0.15) is 25.0 Å².